The van der Waals surface area contributed by atoms with E-state index in [0.29, 0.717) is 59.6 Å². The van der Waals surface area contributed by atoms with Gasteiger partial charge in [0.2, 0.25) is 0 Å². The fraction of sp³-hybridized carbons (Fsp3) is 0.767. The predicted octanol–water partition coefficient (Wildman–Crippen LogP) is 5.15. The summed E-state index contributed by atoms with van der Waals surface area (Å²) in [7, 11) is -2.07. The Morgan fingerprint density at radius 2 is 0.779 bits per heavy atom. The molecule has 7 N–H and O–H groups in total. The second-order valence-electron chi connectivity index (χ2n) is 33.6. The van der Waals surface area contributed by atoms with Crippen LogP contribution in [0.2, 0.25) is 0 Å². The fourth-order valence-electron chi connectivity index (χ4n) is 6.86. The molecule has 712 valence electrons. The van der Waals surface area contributed by atoms with Crippen molar-refractivity contribution < 1.29 is 184 Å². The number of phosphoric acid groups is 3. The molecule has 2 aliphatic heterocycles. The maximum Gasteiger partial charge on any atom is 0.475 e. The molecule has 49 heteroatoms. The minimum atomic E-state index is -4.82. The van der Waals surface area contributed by atoms with Gasteiger partial charge < -0.3 is 121 Å². The zero-order chi connectivity index (χ0) is 96.7. The first kappa shape index (κ1) is 124. The molecule has 6 unspecified atom stereocenters. The van der Waals surface area contributed by atoms with E-state index in [0.717, 1.165) is 6.54 Å². The number of quaternary nitrogens is 3. The van der Waals surface area contributed by atoms with Crippen molar-refractivity contribution in [2.24, 2.45) is 0 Å². The van der Waals surface area contributed by atoms with Crippen LogP contribution in [0.1, 0.15) is 152 Å². The zero-order valence-corrected chi connectivity index (χ0v) is 80.4. The normalized spacial score (nSPS) is 15.6. The summed E-state index contributed by atoms with van der Waals surface area (Å²) in [6.07, 6.45) is -2.54. The lowest BCUT2D eigenvalue weighted by Gasteiger charge is -2.31. The highest BCUT2D eigenvalue weighted by molar-refractivity contribution is 7.81. The Morgan fingerprint density at radius 3 is 1.05 bits per heavy atom. The summed E-state index contributed by atoms with van der Waals surface area (Å²) in [5, 5.41) is 33.7. The molecule has 0 aromatic carbocycles. The SMILES string of the molecule is C=C(C)C(=O)OCCN(C)C.C=C(C)C(=O)OCC[N+](C)(C)CCOP(=O)([O-])OCC(NC(=O)OC(C)(C)C)C(=O)OC(C)(C)C.C=C(C)C(=O)OCC[N+](C)(C)CCOP(=O)([O-])OCC([NH3+])C(=O)[O-].CC#N.CC(C)(C)OC(=O)NC(CO)C(=O)OC(C)(C)C.CC(C)(C)OC(=O)NC(COP1(=O)OCCO1)C(=O)OC(C)(C)C.O=P1(Cl)OCCO1. The number of carbonyl (C=O) groups excluding carboxylic acids is 10. The number of esters is 6. The minimum absolute atomic E-state index is 0.123. The smallest absolute Gasteiger partial charge is 0.475 e. The number of aliphatic carboxylic acids is 1. The molecule has 122 heavy (non-hydrogen) atoms. The van der Waals surface area contributed by atoms with Gasteiger partial charge in [0, 0.05) is 41.4 Å². The number of aliphatic hydroxyl groups is 1. The number of amides is 3. The van der Waals surface area contributed by atoms with Gasteiger partial charge in [-0.3, -0.25) is 31.7 Å². The molecule has 0 aromatic rings. The average molecular weight is 1860 g/mol. The number of carboxylic acid groups (broad SMARTS) is 1. The highest BCUT2D eigenvalue weighted by atomic mass is 35.7. The fourth-order valence-corrected chi connectivity index (χ4v) is 10.5. The van der Waals surface area contributed by atoms with E-state index in [-0.39, 0.29) is 57.7 Å². The molecule has 2 rings (SSSR count). The van der Waals surface area contributed by atoms with Gasteiger partial charge in [-0.15, -0.1) is 0 Å². The summed E-state index contributed by atoms with van der Waals surface area (Å²) >= 11 is 5.08. The number of phosphoric ester groups is 3. The summed E-state index contributed by atoms with van der Waals surface area (Å²) in [6, 6.07) is -3.37. The van der Waals surface area contributed by atoms with E-state index in [2.05, 4.69) is 59.5 Å². The number of likely N-dealkylation sites (N-methyl/N-ethyl adjacent to an activating group) is 3. The molecule has 44 nitrogen and oxygen atoms in total. The Bertz CT molecular complexity index is 3540. The molecule has 0 aliphatic carbocycles. The van der Waals surface area contributed by atoms with Crippen LogP contribution < -0.4 is 36.6 Å². The molecule has 2 aliphatic rings. The van der Waals surface area contributed by atoms with E-state index < -0.39 is 169 Å². The topological polar surface area (TPSA) is 585 Å². The van der Waals surface area contributed by atoms with E-state index in [4.69, 9.17) is 86.9 Å². The molecule has 2 fully saturated rings. The van der Waals surface area contributed by atoms with Crippen molar-refractivity contribution in [2.75, 3.05) is 161 Å². The maximum absolute atomic E-state index is 12.5. The number of ether oxygens (including phenoxy) is 9. The highest BCUT2D eigenvalue weighted by Gasteiger charge is 2.38. The maximum atomic E-state index is 12.5. The summed E-state index contributed by atoms with van der Waals surface area (Å²) in [6.45, 7) is 44.6. The van der Waals surface area contributed by atoms with Gasteiger partial charge in [0.1, 0.15) is 111 Å². The lowest BCUT2D eigenvalue weighted by Crippen LogP contribution is -2.70. The Hall–Kier alpha value is -6.62. The monoisotopic (exact) mass is 1860 g/mol. The molecular weight excluding hydrogens is 1720 g/mol. The Kier molecular flexibility index (Phi) is 58.8. The molecule has 2 saturated heterocycles. The number of rotatable bonds is 37. The first-order valence-electron chi connectivity index (χ1n) is 37.6. The van der Waals surface area contributed by atoms with Gasteiger partial charge in [-0.25, -0.2) is 52.3 Å². The predicted molar refractivity (Wildman–Crippen MR) is 436 cm³/mol. The quantitative estimate of drug-likeness (QED) is 0.0176. The standard InChI is InChI=1S/C22H41N2O10P.C14H26NO8P.C13H25N2O8P.C12H23NO5.C8H15NO2.C2H4ClO3P.C2H3N/c1-16(2)18(25)30-13-11-24(9,10)12-14-31-35(28,29)32-15-17(19(26)33-21(3,4)5)23-20(27)34-22(6,7)8;1-13(2,3)22-11(16)10(15-12(17)23-14(4,5)6)9-21-24(18)19-7-8-20-24;1-10(2)13(18)21-7-5-15(3,4)6-8-22-24(19,20)23-9-11(14)12(16)17;1-11(2,3)17-9(15)8(7-14)13-10(16)18-12(4,5)6;1-7(2)8(10)11-6-5-9(3)4;3-7(4)5-1-2-6-7;1-2-3/h17H,1,11-15H2,2-10H3,(H-,23,27,28,29);10H,7-9H2,1-6H3,(H,15,17);11H,1,5-9,14H2,2-4H3,(H-,16,17,19,20);8,14H,7H2,1-6H3,(H,13,16);1,5-6H2,2-4H3;1-2H2;1H3. The van der Waals surface area contributed by atoms with Crippen molar-refractivity contribution in [3.8, 4) is 6.07 Å². The van der Waals surface area contributed by atoms with Gasteiger partial charge in [0.25, 0.3) is 15.6 Å². The van der Waals surface area contributed by atoms with Crippen LogP contribution in [0, 0.1) is 11.3 Å². The number of nitrogens with zero attached hydrogens (tertiary/aromatic N) is 4. The largest absolute Gasteiger partial charge is 0.756 e. The van der Waals surface area contributed by atoms with Crippen molar-refractivity contribution in [2.45, 2.75) is 210 Å². The number of halogens is 1. The van der Waals surface area contributed by atoms with Gasteiger partial charge in [-0.1, -0.05) is 19.7 Å². The van der Waals surface area contributed by atoms with Crippen LogP contribution in [0.3, 0.4) is 0 Å². The van der Waals surface area contributed by atoms with E-state index in [1.165, 1.54) is 6.92 Å². The van der Waals surface area contributed by atoms with E-state index >= 15 is 0 Å². The van der Waals surface area contributed by atoms with Crippen LogP contribution in [-0.4, -0.2) is 298 Å². The van der Waals surface area contributed by atoms with Crippen LogP contribution in [0.25, 0.3) is 0 Å². The van der Waals surface area contributed by atoms with Gasteiger partial charge >= 0.3 is 68.9 Å². The molecule has 0 saturated carbocycles. The molecule has 3 amide bonds. The molecule has 2 heterocycles. The lowest BCUT2D eigenvalue weighted by molar-refractivity contribution is -0.890. The number of hydrogen-bond donors (Lipinski definition) is 5. The Balaban J connectivity index is -0.000000469. The summed E-state index contributed by atoms with van der Waals surface area (Å²) in [5.74, 6) is -5.16. The Morgan fingerprint density at radius 1 is 0.508 bits per heavy atom. The number of aliphatic hydroxyl groups excluding tert-OH is 1. The first-order chi connectivity index (χ1) is 54.9. The van der Waals surface area contributed by atoms with Crippen LogP contribution in [0.4, 0.5) is 14.4 Å². The van der Waals surface area contributed by atoms with E-state index in [1.54, 1.807) is 180 Å². The second kappa shape index (κ2) is 57.9. The van der Waals surface area contributed by atoms with Crippen LogP contribution in [-0.2, 0) is 135 Å². The minimum Gasteiger partial charge on any atom is -0.756 e. The third-order valence-corrected chi connectivity index (χ3v) is 17.6. The van der Waals surface area contributed by atoms with Crippen molar-refractivity contribution in [1.82, 2.24) is 20.9 Å². The van der Waals surface area contributed by atoms with Gasteiger partial charge in [-0.05, 0) is 159 Å². The van der Waals surface area contributed by atoms with Crippen molar-refractivity contribution in [3.05, 3.63) is 36.5 Å². The lowest BCUT2D eigenvalue weighted by atomic mass is 10.2. The Labute approximate surface area is 722 Å². The van der Waals surface area contributed by atoms with E-state index in [1.807, 2.05) is 19.0 Å². The summed E-state index contributed by atoms with van der Waals surface area (Å²) < 4.78 is 135. The van der Waals surface area contributed by atoms with Crippen LogP contribution in [0.5, 0.6) is 0 Å². The molecule has 6 atom stereocenters. The summed E-state index contributed by atoms with van der Waals surface area (Å²) in [5.41, 5.74) is -0.382. The first-order valence-corrected chi connectivity index (χ1v) is 44.4. The third kappa shape index (κ3) is 75.9. The van der Waals surface area contributed by atoms with Crippen LogP contribution in [0.15, 0.2) is 36.5 Å². The highest BCUT2D eigenvalue weighted by Crippen LogP contribution is 2.56. The molecule has 0 spiro atoms. The number of carboxylic acids is 1. The van der Waals surface area contributed by atoms with Crippen molar-refractivity contribution in [1.29, 1.82) is 5.26 Å². The number of carbonyl (C=O) groups is 10. The molecule has 0 aromatic heterocycles. The molecule has 0 radical (unpaired) electrons. The van der Waals surface area contributed by atoms with Crippen LogP contribution >= 0.6 is 41.7 Å². The third-order valence-electron chi connectivity index (χ3n) is 12.6. The van der Waals surface area contributed by atoms with Crippen molar-refractivity contribution >= 4 is 102 Å². The van der Waals surface area contributed by atoms with Crippen molar-refractivity contribution in [3.63, 3.8) is 0 Å². The number of hydrogen-bond acceptors (Lipinski definition) is 38. The zero-order valence-electron chi connectivity index (χ0n) is 76.1. The van der Waals surface area contributed by atoms with E-state index in [9.17, 15) is 81.1 Å². The molecule has 0 bridgehead atoms. The number of nitriles is 1. The molecular formula is C73H137ClN8O36P4. The van der Waals surface area contributed by atoms with Gasteiger partial charge in [0.05, 0.1) is 80.5 Å². The second-order valence-corrected chi connectivity index (χ2v) is 40.7. The number of alkyl carbamates (subject to hydrolysis) is 3. The van der Waals surface area contributed by atoms with Gasteiger partial charge in [0.15, 0.2) is 18.1 Å². The van der Waals surface area contributed by atoms with Gasteiger partial charge in [-0.2, -0.15) is 5.26 Å². The summed E-state index contributed by atoms with van der Waals surface area (Å²) in [4.78, 5) is 141. The number of nitrogens with one attached hydrogen (secondary N) is 3. The average Bonchev–Trinajstić information content (AvgIpc) is 1.63.